The monoisotopic (exact) mass is 610 g/mol. The van der Waals surface area contributed by atoms with E-state index in [0.717, 1.165) is 44.9 Å². The molecule has 0 unspecified atom stereocenters. The number of rotatable bonds is 9. The highest BCUT2D eigenvalue weighted by Crippen LogP contribution is 2.25. The molecule has 2 heterocycles. The summed E-state index contributed by atoms with van der Waals surface area (Å²) in [4.78, 5) is 8.77. The molecule has 4 aromatic carbocycles. The summed E-state index contributed by atoms with van der Waals surface area (Å²) in [5, 5.41) is 9.00. The minimum atomic E-state index is 0.138. The van der Waals surface area contributed by atoms with Gasteiger partial charge in [-0.3, -0.25) is 0 Å². The van der Waals surface area contributed by atoms with E-state index in [4.69, 9.17) is 9.47 Å². The molecule has 0 saturated heterocycles. The third kappa shape index (κ3) is 9.12. The fourth-order valence-electron chi connectivity index (χ4n) is 4.62. The van der Waals surface area contributed by atoms with Crippen molar-refractivity contribution in [2.75, 3.05) is 7.11 Å². The van der Waals surface area contributed by atoms with Gasteiger partial charge in [0.2, 0.25) is 0 Å². The van der Waals surface area contributed by atoms with E-state index in [2.05, 4.69) is 26.2 Å². The summed E-state index contributed by atoms with van der Waals surface area (Å²) in [6.07, 6.45) is 11.3. The lowest BCUT2D eigenvalue weighted by atomic mass is 10.1. The SMILES string of the molecule is COc1cc(C)cc(-c2ncn(/C=C\c3ccccc3)n2)c1.Cc1cc(OC(C)C)cc(-c2ncn(/C=C\c3ccccc3)n2)c1. The van der Waals surface area contributed by atoms with Gasteiger partial charge in [0.15, 0.2) is 11.6 Å². The molecule has 6 rings (SSSR count). The summed E-state index contributed by atoms with van der Waals surface area (Å²) in [6, 6.07) is 32.2. The fraction of sp³-hybridized carbons (Fsp3) is 0.158. The molecule has 0 radical (unpaired) electrons. The number of benzene rings is 4. The molecule has 0 spiro atoms. The summed E-state index contributed by atoms with van der Waals surface area (Å²) in [5.74, 6) is 3.02. The summed E-state index contributed by atoms with van der Waals surface area (Å²) in [6.45, 7) is 8.11. The maximum absolute atomic E-state index is 5.79. The Morgan fingerprint density at radius 1 is 0.609 bits per heavy atom. The maximum Gasteiger partial charge on any atom is 0.181 e. The van der Waals surface area contributed by atoms with E-state index in [-0.39, 0.29) is 6.10 Å². The van der Waals surface area contributed by atoms with Crippen molar-refractivity contribution in [2.24, 2.45) is 0 Å². The number of aromatic nitrogens is 6. The molecule has 232 valence electrons. The van der Waals surface area contributed by atoms with Crippen molar-refractivity contribution in [3.8, 4) is 34.3 Å². The van der Waals surface area contributed by atoms with Gasteiger partial charge in [0.1, 0.15) is 24.2 Å². The highest BCUT2D eigenvalue weighted by Gasteiger charge is 2.08. The first-order valence-electron chi connectivity index (χ1n) is 15.1. The maximum atomic E-state index is 5.79. The second-order valence-electron chi connectivity index (χ2n) is 11.0. The van der Waals surface area contributed by atoms with Gasteiger partial charge < -0.3 is 9.47 Å². The van der Waals surface area contributed by atoms with Crippen LogP contribution in [-0.2, 0) is 0 Å². The second kappa shape index (κ2) is 15.3. The molecule has 0 aliphatic carbocycles. The summed E-state index contributed by atoms with van der Waals surface area (Å²) in [7, 11) is 1.66. The zero-order valence-corrected chi connectivity index (χ0v) is 26.8. The van der Waals surface area contributed by atoms with Gasteiger partial charge in [0, 0.05) is 23.5 Å². The van der Waals surface area contributed by atoms with Crippen LogP contribution in [-0.4, -0.2) is 42.7 Å². The highest BCUT2D eigenvalue weighted by molar-refractivity contribution is 5.63. The van der Waals surface area contributed by atoms with E-state index in [1.54, 1.807) is 29.1 Å². The standard InChI is InChI=1S/C20H21N3O.C18H17N3O/c1-15(2)24-19-12-16(3)11-18(13-19)20-21-14-23(22-20)10-9-17-7-5-4-6-8-17;1-14-10-16(12-17(11-14)22-2)18-19-13-21(20-18)9-8-15-6-4-3-5-7-15/h4-15H,1-3H3;3-13H,1-2H3/b10-9-;9-8-. The van der Waals surface area contributed by atoms with Gasteiger partial charge in [-0.2, -0.15) is 0 Å². The largest absolute Gasteiger partial charge is 0.497 e. The molecule has 0 aliphatic rings. The molecule has 2 aromatic heterocycles. The van der Waals surface area contributed by atoms with Crippen LogP contribution in [0.25, 0.3) is 47.3 Å². The number of hydrogen-bond donors (Lipinski definition) is 0. The highest BCUT2D eigenvalue weighted by atomic mass is 16.5. The van der Waals surface area contributed by atoms with E-state index >= 15 is 0 Å². The van der Waals surface area contributed by atoms with Crippen LogP contribution in [0.4, 0.5) is 0 Å². The number of nitrogens with zero attached hydrogens (tertiary/aromatic N) is 6. The molecule has 0 fully saturated rings. The van der Waals surface area contributed by atoms with Crippen LogP contribution in [0.15, 0.2) is 110 Å². The molecule has 0 N–H and O–H groups in total. The summed E-state index contributed by atoms with van der Waals surface area (Å²) >= 11 is 0. The zero-order chi connectivity index (χ0) is 32.3. The van der Waals surface area contributed by atoms with E-state index in [9.17, 15) is 0 Å². The third-order valence-electron chi connectivity index (χ3n) is 6.68. The molecule has 0 atom stereocenters. The van der Waals surface area contributed by atoms with Crippen molar-refractivity contribution < 1.29 is 9.47 Å². The van der Waals surface area contributed by atoms with E-state index in [0.29, 0.717) is 11.6 Å². The van der Waals surface area contributed by atoms with Crippen molar-refractivity contribution >= 4 is 24.6 Å². The van der Waals surface area contributed by atoms with Crippen LogP contribution in [0.1, 0.15) is 36.1 Å². The average Bonchev–Trinajstić information content (AvgIpc) is 3.74. The minimum absolute atomic E-state index is 0.138. The van der Waals surface area contributed by atoms with Crippen molar-refractivity contribution in [2.45, 2.75) is 33.8 Å². The van der Waals surface area contributed by atoms with Gasteiger partial charge in [-0.1, -0.05) is 60.7 Å². The van der Waals surface area contributed by atoms with Gasteiger partial charge >= 0.3 is 0 Å². The molecular weight excluding hydrogens is 572 g/mol. The van der Waals surface area contributed by atoms with Crippen molar-refractivity contribution in [3.05, 3.63) is 132 Å². The van der Waals surface area contributed by atoms with Crippen molar-refractivity contribution in [1.82, 2.24) is 29.5 Å². The molecular formula is C38H38N6O2. The van der Waals surface area contributed by atoms with Crippen molar-refractivity contribution in [3.63, 3.8) is 0 Å². The predicted octanol–water partition coefficient (Wildman–Crippen LogP) is 8.56. The molecule has 0 aliphatic heterocycles. The first kappa shape index (κ1) is 31.7. The first-order valence-corrected chi connectivity index (χ1v) is 15.1. The van der Waals surface area contributed by atoms with Crippen molar-refractivity contribution in [1.29, 1.82) is 0 Å². The Balaban J connectivity index is 0.000000182. The topological polar surface area (TPSA) is 79.9 Å². The molecule has 6 aromatic rings. The Morgan fingerprint density at radius 2 is 1.07 bits per heavy atom. The zero-order valence-electron chi connectivity index (χ0n) is 26.8. The average molecular weight is 611 g/mol. The predicted molar refractivity (Wildman–Crippen MR) is 186 cm³/mol. The lowest BCUT2D eigenvalue weighted by Gasteiger charge is -2.11. The van der Waals surface area contributed by atoms with Gasteiger partial charge in [-0.25, -0.2) is 19.3 Å². The van der Waals surface area contributed by atoms with Crippen LogP contribution >= 0.6 is 0 Å². The second-order valence-corrected chi connectivity index (χ2v) is 11.0. The molecule has 8 nitrogen and oxygen atoms in total. The number of hydrogen-bond acceptors (Lipinski definition) is 6. The fourth-order valence-corrected chi connectivity index (χ4v) is 4.62. The van der Waals surface area contributed by atoms with Gasteiger partial charge in [0.05, 0.1) is 13.2 Å². The quantitative estimate of drug-likeness (QED) is 0.163. The van der Waals surface area contributed by atoms with Crippen LogP contribution in [0.3, 0.4) is 0 Å². The van der Waals surface area contributed by atoms with E-state index in [1.807, 2.05) is 143 Å². The molecule has 8 heteroatoms. The van der Waals surface area contributed by atoms with Crippen LogP contribution in [0.5, 0.6) is 11.5 Å². The van der Waals surface area contributed by atoms with Gasteiger partial charge in [-0.05, 0) is 98.5 Å². The van der Waals surface area contributed by atoms with Crippen LogP contribution in [0.2, 0.25) is 0 Å². The lowest BCUT2D eigenvalue weighted by molar-refractivity contribution is 0.242. The Morgan fingerprint density at radius 3 is 1.52 bits per heavy atom. The smallest absolute Gasteiger partial charge is 0.181 e. The normalized spacial score (nSPS) is 11.2. The number of ether oxygens (including phenoxy) is 2. The first-order chi connectivity index (χ1) is 22.3. The molecule has 0 saturated carbocycles. The Labute approximate surface area is 270 Å². The Bertz CT molecular complexity index is 1910. The summed E-state index contributed by atoms with van der Waals surface area (Å²) < 4.78 is 14.5. The lowest BCUT2D eigenvalue weighted by Crippen LogP contribution is -2.05. The Kier molecular flexibility index (Phi) is 10.5. The van der Waals surface area contributed by atoms with E-state index < -0.39 is 0 Å². The van der Waals surface area contributed by atoms with Crippen LogP contribution < -0.4 is 9.47 Å². The molecule has 0 amide bonds. The number of aryl methyl sites for hydroxylation is 2. The molecule has 0 bridgehead atoms. The Hall–Kier alpha value is -5.76. The number of methoxy groups -OCH3 is 1. The van der Waals surface area contributed by atoms with Gasteiger partial charge in [0.25, 0.3) is 0 Å². The summed E-state index contributed by atoms with van der Waals surface area (Å²) in [5.41, 5.74) is 6.39. The molecule has 46 heavy (non-hydrogen) atoms. The van der Waals surface area contributed by atoms with Gasteiger partial charge in [-0.15, -0.1) is 10.2 Å². The van der Waals surface area contributed by atoms with E-state index in [1.165, 1.54) is 0 Å². The van der Waals surface area contributed by atoms with Crippen LogP contribution in [0, 0.1) is 13.8 Å². The third-order valence-corrected chi connectivity index (χ3v) is 6.68. The minimum Gasteiger partial charge on any atom is -0.497 e.